The molecule has 33 heavy (non-hydrogen) atoms. The van der Waals surface area contributed by atoms with Crippen LogP contribution in [0.15, 0.2) is 82.1 Å². The van der Waals surface area contributed by atoms with Crippen LogP contribution in [-0.2, 0) is 16.6 Å². The fourth-order valence-electron chi connectivity index (χ4n) is 3.50. The molecule has 0 fully saturated rings. The summed E-state index contributed by atoms with van der Waals surface area (Å²) < 4.78 is 40.2. The minimum absolute atomic E-state index is 0.00220. The predicted molar refractivity (Wildman–Crippen MR) is 129 cm³/mol. The fraction of sp³-hybridized carbons (Fsp3) is 0.192. The molecule has 4 rings (SSSR count). The van der Waals surface area contributed by atoms with Crippen molar-refractivity contribution in [1.82, 2.24) is 4.98 Å². The van der Waals surface area contributed by atoms with Crippen molar-refractivity contribution in [2.24, 2.45) is 0 Å². The van der Waals surface area contributed by atoms with Gasteiger partial charge in [0.15, 0.2) is 0 Å². The number of oxazole rings is 1. The number of aromatic nitrogens is 1. The number of methoxy groups -OCH3 is 1. The van der Waals surface area contributed by atoms with E-state index in [4.69, 9.17) is 9.15 Å². The maximum atomic E-state index is 13.8. The summed E-state index contributed by atoms with van der Waals surface area (Å²) in [5, 5.41) is 0. The zero-order valence-corrected chi connectivity index (χ0v) is 19.9. The summed E-state index contributed by atoms with van der Waals surface area (Å²) in [5.41, 5.74) is 3.91. The van der Waals surface area contributed by atoms with Gasteiger partial charge in [0.2, 0.25) is 5.89 Å². The summed E-state index contributed by atoms with van der Waals surface area (Å²) in [7, 11) is -2.39. The molecule has 0 saturated carbocycles. The van der Waals surface area contributed by atoms with E-state index >= 15 is 0 Å². The Bertz CT molecular complexity index is 1360. The van der Waals surface area contributed by atoms with Crippen LogP contribution >= 0.6 is 0 Å². The Labute approximate surface area is 194 Å². The third-order valence-electron chi connectivity index (χ3n) is 5.45. The Morgan fingerprint density at radius 2 is 1.48 bits per heavy atom. The molecule has 0 bridgehead atoms. The summed E-state index contributed by atoms with van der Waals surface area (Å²) in [4.78, 5) is 4.83. The highest BCUT2D eigenvalue weighted by Crippen LogP contribution is 2.34. The molecule has 6 nitrogen and oxygen atoms in total. The Balaban J connectivity index is 1.79. The molecule has 0 N–H and O–H groups in total. The molecular formula is C26H26N2O4S. The minimum Gasteiger partial charge on any atom is -0.495 e. The third kappa shape index (κ3) is 4.64. The molecule has 0 spiro atoms. The summed E-state index contributed by atoms with van der Waals surface area (Å²) in [6.07, 6.45) is 0. The molecule has 0 aliphatic rings. The average Bonchev–Trinajstić information content (AvgIpc) is 3.18. The van der Waals surface area contributed by atoms with Crippen LogP contribution < -0.4 is 9.04 Å². The van der Waals surface area contributed by atoms with Gasteiger partial charge in [-0.25, -0.2) is 13.4 Å². The van der Waals surface area contributed by atoms with Crippen molar-refractivity contribution in [1.29, 1.82) is 0 Å². The predicted octanol–water partition coefficient (Wildman–Crippen LogP) is 5.67. The average molecular weight is 463 g/mol. The second kappa shape index (κ2) is 9.11. The van der Waals surface area contributed by atoms with Crippen LogP contribution in [0, 0.1) is 20.8 Å². The van der Waals surface area contributed by atoms with Gasteiger partial charge in [-0.15, -0.1) is 0 Å². The van der Waals surface area contributed by atoms with Crippen molar-refractivity contribution < 1.29 is 17.6 Å². The molecule has 0 aliphatic heterocycles. The number of ether oxygens (including phenoxy) is 1. The molecule has 1 heterocycles. The summed E-state index contributed by atoms with van der Waals surface area (Å²) >= 11 is 0. The van der Waals surface area contributed by atoms with Gasteiger partial charge in [0.05, 0.1) is 24.2 Å². The van der Waals surface area contributed by atoms with E-state index in [9.17, 15) is 8.42 Å². The quantitative estimate of drug-likeness (QED) is 0.354. The largest absolute Gasteiger partial charge is 0.495 e. The van der Waals surface area contributed by atoms with Crippen molar-refractivity contribution >= 4 is 15.7 Å². The summed E-state index contributed by atoms with van der Waals surface area (Å²) in [6.45, 7) is 5.72. The van der Waals surface area contributed by atoms with E-state index in [0.717, 1.165) is 16.7 Å². The van der Waals surface area contributed by atoms with E-state index in [2.05, 4.69) is 4.98 Å². The Morgan fingerprint density at radius 1 is 0.879 bits per heavy atom. The molecule has 0 saturated heterocycles. The number of hydrogen-bond acceptors (Lipinski definition) is 5. The first kappa shape index (κ1) is 22.6. The van der Waals surface area contributed by atoms with Crippen molar-refractivity contribution in [2.45, 2.75) is 32.2 Å². The molecule has 0 amide bonds. The fourth-order valence-corrected chi connectivity index (χ4v) is 4.94. The molecule has 0 radical (unpaired) electrons. The van der Waals surface area contributed by atoms with E-state index in [1.807, 2.05) is 38.1 Å². The van der Waals surface area contributed by atoms with Gasteiger partial charge in [-0.05, 0) is 57.2 Å². The maximum absolute atomic E-state index is 13.8. The van der Waals surface area contributed by atoms with Gasteiger partial charge in [0.25, 0.3) is 10.0 Å². The van der Waals surface area contributed by atoms with Crippen LogP contribution in [0.2, 0.25) is 0 Å². The van der Waals surface area contributed by atoms with Crippen LogP contribution in [0.5, 0.6) is 5.75 Å². The Morgan fingerprint density at radius 3 is 2.12 bits per heavy atom. The molecule has 0 atom stereocenters. The van der Waals surface area contributed by atoms with Crippen LogP contribution in [0.1, 0.15) is 22.6 Å². The molecule has 1 aromatic heterocycles. The first-order valence-electron chi connectivity index (χ1n) is 10.6. The second-order valence-corrected chi connectivity index (χ2v) is 9.75. The zero-order valence-electron chi connectivity index (χ0n) is 19.1. The number of anilines is 1. The standard InChI is InChI=1S/C26H26N2O4S/c1-18-9-13-21(14-10-18)26-27-23(20(3)32-26)17-28(24-7-5-6-8-25(24)31-4)33(29,30)22-15-11-19(2)12-16-22/h5-16H,17H2,1-4H3. The topological polar surface area (TPSA) is 72.6 Å². The van der Waals surface area contributed by atoms with Crippen LogP contribution in [0.25, 0.3) is 11.5 Å². The number of aryl methyl sites for hydroxylation is 3. The minimum atomic E-state index is -3.91. The lowest BCUT2D eigenvalue weighted by Gasteiger charge is -2.25. The van der Waals surface area contributed by atoms with Gasteiger partial charge in [0.1, 0.15) is 17.2 Å². The molecule has 0 unspecified atom stereocenters. The lowest BCUT2D eigenvalue weighted by atomic mass is 10.1. The normalized spacial score (nSPS) is 11.4. The first-order valence-corrected chi connectivity index (χ1v) is 12.0. The Kier molecular flexibility index (Phi) is 6.24. The van der Waals surface area contributed by atoms with Crippen molar-refractivity contribution in [3.8, 4) is 17.2 Å². The molecule has 170 valence electrons. The van der Waals surface area contributed by atoms with E-state index in [1.165, 1.54) is 11.4 Å². The number of nitrogens with zero attached hydrogens (tertiary/aromatic N) is 2. The van der Waals surface area contributed by atoms with Crippen molar-refractivity contribution in [3.63, 3.8) is 0 Å². The smallest absolute Gasteiger partial charge is 0.264 e. The van der Waals surface area contributed by atoms with Gasteiger partial charge >= 0.3 is 0 Å². The van der Waals surface area contributed by atoms with Crippen LogP contribution in [0.3, 0.4) is 0 Å². The first-order chi connectivity index (χ1) is 15.8. The van der Waals surface area contributed by atoms with E-state index in [0.29, 0.717) is 28.8 Å². The van der Waals surface area contributed by atoms with Crippen molar-refractivity contribution in [2.75, 3.05) is 11.4 Å². The number of hydrogen-bond donors (Lipinski definition) is 0. The Hall–Kier alpha value is -3.58. The van der Waals surface area contributed by atoms with E-state index in [-0.39, 0.29) is 11.4 Å². The maximum Gasteiger partial charge on any atom is 0.264 e. The zero-order chi connectivity index (χ0) is 23.6. The van der Waals surface area contributed by atoms with Crippen LogP contribution in [0.4, 0.5) is 5.69 Å². The highest BCUT2D eigenvalue weighted by Gasteiger charge is 2.29. The molecular weight excluding hydrogens is 436 g/mol. The van der Waals surface area contributed by atoms with Gasteiger partial charge in [-0.3, -0.25) is 4.31 Å². The number of para-hydroxylation sites is 2. The van der Waals surface area contributed by atoms with Crippen molar-refractivity contribution in [3.05, 3.63) is 95.4 Å². The highest BCUT2D eigenvalue weighted by molar-refractivity contribution is 7.92. The SMILES string of the molecule is COc1ccccc1N(Cc1nc(-c2ccc(C)cc2)oc1C)S(=O)(=O)c1ccc(C)cc1. The monoisotopic (exact) mass is 462 g/mol. The summed E-state index contributed by atoms with van der Waals surface area (Å²) in [6, 6.07) is 21.7. The van der Waals surface area contributed by atoms with Crippen LogP contribution in [-0.4, -0.2) is 20.5 Å². The van der Waals surface area contributed by atoms with E-state index < -0.39 is 10.0 Å². The highest BCUT2D eigenvalue weighted by atomic mass is 32.2. The van der Waals surface area contributed by atoms with Gasteiger partial charge < -0.3 is 9.15 Å². The molecule has 0 aliphatic carbocycles. The number of sulfonamides is 1. The van der Waals surface area contributed by atoms with Gasteiger partial charge in [-0.1, -0.05) is 47.5 Å². The molecule has 7 heteroatoms. The second-order valence-electron chi connectivity index (χ2n) is 7.88. The van der Waals surface area contributed by atoms with Gasteiger partial charge in [-0.2, -0.15) is 0 Å². The lowest BCUT2D eigenvalue weighted by molar-refractivity contribution is 0.415. The molecule has 3 aromatic carbocycles. The molecule has 4 aromatic rings. The van der Waals surface area contributed by atoms with E-state index in [1.54, 1.807) is 55.5 Å². The van der Waals surface area contributed by atoms with Gasteiger partial charge in [0, 0.05) is 5.56 Å². The number of benzene rings is 3. The third-order valence-corrected chi connectivity index (χ3v) is 7.22. The summed E-state index contributed by atoms with van der Waals surface area (Å²) in [5.74, 6) is 1.47. The number of rotatable bonds is 7. The lowest BCUT2D eigenvalue weighted by Crippen LogP contribution is -2.31.